The molecule has 0 aliphatic carbocycles. The number of pyridine rings is 1. The first-order chi connectivity index (χ1) is 8.79. The van der Waals surface area contributed by atoms with Gasteiger partial charge in [-0.15, -0.1) is 0 Å². The number of nitrogens with zero attached hydrogens (tertiary/aromatic N) is 1. The molecule has 0 amide bonds. The van der Waals surface area contributed by atoms with Crippen LogP contribution in [0.4, 0.5) is 0 Å². The molecule has 1 aromatic heterocycles. The zero-order valence-corrected chi connectivity index (χ0v) is 10.3. The lowest BCUT2D eigenvalue weighted by Gasteiger charge is -2.05. The van der Waals surface area contributed by atoms with E-state index in [1.54, 1.807) is 6.20 Å². The van der Waals surface area contributed by atoms with Gasteiger partial charge in [0.05, 0.1) is 18.7 Å². The van der Waals surface area contributed by atoms with Gasteiger partial charge in [0.1, 0.15) is 0 Å². The van der Waals surface area contributed by atoms with Crippen LogP contribution in [0, 0.1) is 0 Å². The lowest BCUT2D eigenvalue weighted by atomic mass is 10.1. The van der Waals surface area contributed by atoms with E-state index in [1.807, 2.05) is 49.4 Å². The standard InChI is InChI=1S/C15H15NO2/c1-2-18-15(17)11-12-6-5-7-13(10-12)14-8-3-4-9-16-14/h3-10H,2,11H2,1H3. The number of carbonyl (C=O) groups excluding carboxylic acids is 1. The highest BCUT2D eigenvalue weighted by atomic mass is 16.5. The van der Waals surface area contributed by atoms with E-state index in [1.165, 1.54) is 0 Å². The molecule has 0 spiro atoms. The van der Waals surface area contributed by atoms with Crippen molar-refractivity contribution in [2.24, 2.45) is 0 Å². The van der Waals surface area contributed by atoms with Crippen LogP contribution in [0.15, 0.2) is 48.7 Å². The third-order valence-electron chi connectivity index (χ3n) is 2.54. The highest BCUT2D eigenvalue weighted by Gasteiger charge is 2.05. The average molecular weight is 241 g/mol. The van der Waals surface area contributed by atoms with Gasteiger partial charge in [0.25, 0.3) is 0 Å². The smallest absolute Gasteiger partial charge is 0.310 e. The van der Waals surface area contributed by atoms with E-state index in [0.29, 0.717) is 13.0 Å². The zero-order chi connectivity index (χ0) is 12.8. The topological polar surface area (TPSA) is 39.2 Å². The summed E-state index contributed by atoms with van der Waals surface area (Å²) in [5.41, 5.74) is 2.86. The largest absolute Gasteiger partial charge is 0.466 e. The molecule has 1 aromatic carbocycles. The highest BCUT2D eigenvalue weighted by molar-refractivity contribution is 5.73. The lowest BCUT2D eigenvalue weighted by molar-refractivity contribution is -0.142. The van der Waals surface area contributed by atoms with Gasteiger partial charge in [-0.05, 0) is 30.7 Å². The predicted octanol–water partition coefficient (Wildman–Crippen LogP) is 2.85. The van der Waals surface area contributed by atoms with Gasteiger partial charge in [0.2, 0.25) is 0 Å². The Morgan fingerprint density at radius 3 is 2.83 bits per heavy atom. The molecule has 0 bridgehead atoms. The maximum Gasteiger partial charge on any atom is 0.310 e. The summed E-state index contributed by atoms with van der Waals surface area (Å²) in [5, 5.41) is 0. The first-order valence-electron chi connectivity index (χ1n) is 5.95. The number of hydrogen-bond acceptors (Lipinski definition) is 3. The first-order valence-corrected chi connectivity index (χ1v) is 5.95. The Morgan fingerprint density at radius 1 is 1.22 bits per heavy atom. The Bertz CT molecular complexity index is 523. The fourth-order valence-corrected chi connectivity index (χ4v) is 1.75. The number of ether oxygens (including phenoxy) is 1. The summed E-state index contributed by atoms with van der Waals surface area (Å²) in [6.07, 6.45) is 2.06. The normalized spacial score (nSPS) is 10.1. The molecule has 2 aromatic rings. The molecule has 1 heterocycles. The number of benzene rings is 1. The highest BCUT2D eigenvalue weighted by Crippen LogP contribution is 2.18. The van der Waals surface area contributed by atoms with Crippen LogP contribution >= 0.6 is 0 Å². The lowest BCUT2D eigenvalue weighted by Crippen LogP contribution is -2.07. The Balaban J connectivity index is 2.18. The Kier molecular flexibility index (Phi) is 4.07. The molecular weight excluding hydrogens is 226 g/mol. The second-order valence-corrected chi connectivity index (χ2v) is 3.90. The van der Waals surface area contributed by atoms with Gasteiger partial charge in [-0.2, -0.15) is 0 Å². The van der Waals surface area contributed by atoms with Crippen molar-refractivity contribution in [3.63, 3.8) is 0 Å². The molecule has 0 atom stereocenters. The van der Waals surface area contributed by atoms with E-state index in [0.717, 1.165) is 16.8 Å². The number of esters is 1. The summed E-state index contributed by atoms with van der Waals surface area (Å²) in [6.45, 7) is 2.22. The number of aromatic nitrogens is 1. The molecule has 0 saturated heterocycles. The van der Waals surface area contributed by atoms with E-state index in [4.69, 9.17) is 4.74 Å². The van der Waals surface area contributed by atoms with Gasteiger partial charge < -0.3 is 4.74 Å². The van der Waals surface area contributed by atoms with Crippen molar-refractivity contribution in [1.82, 2.24) is 4.98 Å². The minimum absolute atomic E-state index is 0.198. The predicted molar refractivity (Wildman–Crippen MR) is 70.0 cm³/mol. The molecule has 0 fully saturated rings. The number of carbonyl (C=O) groups is 1. The Labute approximate surface area is 106 Å². The number of rotatable bonds is 4. The van der Waals surface area contributed by atoms with Gasteiger partial charge in [-0.1, -0.05) is 24.3 Å². The van der Waals surface area contributed by atoms with Crippen molar-refractivity contribution < 1.29 is 9.53 Å². The second kappa shape index (κ2) is 5.96. The molecule has 0 radical (unpaired) electrons. The van der Waals surface area contributed by atoms with E-state index in [9.17, 15) is 4.79 Å². The number of hydrogen-bond donors (Lipinski definition) is 0. The van der Waals surface area contributed by atoms with Crippen molar-refractivity contribution in [2.45, 2.75) is 13.3 Å². The van der Waals surface area contributed by atoms with E-state index < -0.39 is 0 Å². The van der Waals surface area contributed by atoms with Crippen molar-refractivity contribution in [3.8, 4) is 11.3 Å². The minimum atomic E-state index is -0.198. The average Bonchev–Trinajstić information content (AvgIpc) is 2.40. The van der Waals surface area contributed by atoms with Crippen LogP contribution in [0.2, 0.25) is 0 Å². The van der Waals surface area contributed by atoms with Gasteiger partial charge in [-0.25, -0.2) is 0 Å². The molecular formula is C15H15NO2. The summed E-state index contributed by atoms with van der Waals surface area (Å²) >= 11 is 0. The molecule has 2 rings (SSSR count). The molecule has 0 aliphatic heterocycles. The molecule has 3 heteroatoms. The minimum Gasteiger partial charge on any atom is -0.466 e. The van der Waals surface area contributed by atoms with Crippen LogP contribution in [0.3, 0.4) is 0 Å². The fraction of sp³-hybridized carbons (Fsp3) is 0.200. The summed E-state index contributed by atoms with van der Waals surface area (Å²) in [5.74, 6) is -0.198. The summed E-state index contributed by atoms with van der Waals surface area (Å²) in [6, 6.07) is 13.6. The molecule has 0 saturated carbocycles. The monoisotopic (exact) mass is 241 g/mol. The second-order valence-electron chi connectivity index (χ2n) is 3.90. The molecule has 92 valence electrons. The fourth-order valence-electron chi connectivity index (χ4n) is 1.75. The van der Waals surface area contributed by atoms with Gasteiger partial charge >= 0.3 is 5.97 Å². The SMILES string of the molecule is CCOC(=O)Cc1cccc(-c2ccccn2)c1. The van der Waals surface area contributed by atoms with Crippen molar-refractivity contribution in [3.05, 3.63) is 54.2 Å². The Hall–Kier alpha value is -2.16. The van der Waals surface area contributed by atoms with E-state index >= 15 is 0 Å². The van der Waals surface area contributed by atoms with Gasteiger partial charge in [0.15, 0.2) is 0 Å². The van der Waals surface area contributed by atoms with Crippen molar-refractivity contribution in [1.29, 1.82) is 0 Å². The summed E-state index contributed by atoms with van der Waals surface area (Å²) in [4.78, 5) is 15.7. The van der Waals surface area contributed by atoms with Crippen LogP contribution < -0.4 is 0 Å². The maximum atomic E-state index is 11.4. The summed E-state index contributed by atoms with van der Waals surface area (Å²) in [7, 11) is 0. The molecule has 0 unspecified atom stereocenters. The van der Waals surface area contributed by atoms with Crippen LogP contribution in [-0.4, -0.2) is 17.6 Å². The van der Waals surface area contributed by atoms with Crippen molar-refractivity contribution in [2.75, 3.05) is 6.61 Å². The zero-order valence-electron chi connectivity index (χ0n) is 10.3. The molecule has 3 nitrogen and oxygen atoms in total. The molecule has 0 N–H and O–H groups in total. The van der Waals surface area contributed by atoms with Crippen LogP contribution in [-0.2, 0) is 16.0 Å². The quantitative estimate of drug-likeness (QED) is 0.773. The van der Waals surface area contributed by atoms with Crippen molar-refractivity contribution >= 4 is 5.97 Å². The molecule has 0 aliphatic rings. The van der Waals surface area contributed by atoms with Crippen LogP contribution in [0.25, 0.3) is 11.3 Å². The Morgan fingerprint density at radius 2 is 2.11 bits per heavy atom. The van der Waals surface area contributed by atoms with Gasteiger partial charge in [0, 0.05) is 11.8 Å². The third kappa shape index (κ3) is 3.17. The first kappa shape index (κ1) is 12.3. The van der Waals surface area contributed by atoms with E-state index in [2.05, 4.69) is 4.98 Å². The van der Waals surface area contributed by atoms with E-state index in [-0.39, 0.29) is 5.97 Å². The van der Waals surface area contributed by atoms with Crippen LogP contribution in [0.1, 0.15) is 12.5 Å². The molecule has 18 heavy (non-hydrogen) atoms. The summed E-state index contributed by atoms with van der Waals surface area (Å²) < 4.78 is 4.94. The van der Waals surface area contributed by atoms with Gasteiger partial charge in [-0.3, -0.25) is 9.78 Å². The third-order valence-corrected chi connectivity index (χ3v) is 2.54. The maximum absolute atomic E-state index is 11.4. The van der Waals surface area contributed by atoms with Crippen LogP contribution in [0.5, 0.6) is 0 Å².